The number of nitro benzene ring substituents is 1. The Morgan fingerprint density at radius 1 is 1.09 bits per heavy atom. The molecule has 3 rings (SSSR count). The van der Waals surface area contributed by atoms with Crippen molar-refractivity contribution in [3.8, 4) is 0 Å². The third-order valence-corrected chi connectivity index (χ3v) is 4.70. The average Bonchev–Trinajstić information content (AvgIpc) is 2.75. The van der Waals surface area contributed by atoms with Crippen LogP contribution in [0.1, 0.15) is 11.1 Å². The standard InChI is InChI=1S/C19H18Cl2N8O2.ClH/c1-28(2)19-25-17(22-10-12-6-4-3-5-7-12)24-18(26-19)27-23-11-13-14(20)8-9-15(16(13)21)29(30)31;/h3-9,11H,10H2,1-2H3,(H2,22,24,25,26,27);1H/b23-11+;. The fourth-order valence-corrected chi connectivity index (χ4v) is 2.98. The van der Waals surface area contributed by atoms with Crippen molar-refractivity contribution in [2.45, 2.75) is 6.54 Å². The molecule has 32 heavy (non-hydrogen) atoms. The summed E-state index contributed by atoms with van der Waals surface area (Å²) in [7, 11) is 3.60. The number of hydrogen-bond donors (Lipinski definition) is 2. The van der Waals surface area contributed by atoms with E-state index in [2.05, 4.69) is 30.8 Å². The Morgan fingerprint density at radius 3 is 2.44 bits per heavy atom. The van der Waals surface area contributed by atoms with Crippen molar-refractivity contribution in [2.24, 2.45) is 5.10 Å². The van der Waals surface area contributed by atoms with E-state index >= 15 is 0 Å². The van der Waals surface area contributed by atoms with Crippen molar-refractivity contribution in [1.82, 2.24) is 15.0 Å². The SMILES string of the molecule is CN(C)c1nc(NCc2ccccc2)nc(N/N=C/c2c(Cl)ccc([N+](=O)[O-])c2Cl)n1.Cl. The number of nitrogens with one attached hydrogen (secondary N) is 2. The van der Waals surface area contributed by atoms with Crippen LogP contribution in [0.4, 0.5) is 23.5 Å². The molecular formula is C19H19Cl3N8O2. The van der Waals surface area contributed by atoms with Crippen LogP contribution in [0, 0.1) is 10.1 Å². The van der Waals surface area contributed by atoms with Crippen LogP contribution in [0.3, 0.4) is 0 Å². The summed E-state index contributed by atoms with van der Waals surface area (Å²) in [6, 6.07) is 12.4. The van der Waals surface area contributed by atoms with E-state index in [1.807, 2.05) is 30.3 Å². The van der Waals surface area contributed by atoms with E-state index in [1.54, 1.807) is 19.0 Å². The fraction of sp³-hybridized carbons (Fsp3) is 0.158. The van der Waals surface area contributed by atoms with Crippen molar-refractivity contribution in [3.05, 3.63) is 73.8 Å². The summed E-state index contributed by atoms with van der Waals surface area (Å²) in [6.07, 6.45) is 1.27. The highest BCUT2D eigenvalue weighted by molar-refractivity contribution is 6.40. The van der Waals surface area contributed by atoms with Crippen LogP contribution in [0.2, 0.25) is 10.0 Å². The first kappa shape index (κ1) is 25.1. The van der Waals surface area contributed by atoms with E-state index in [1.165, 1.54) is 18.3 Å². The molecule has 0 bridgehead atoms. The molecule has 0 radical (unpaired) electrons. The minimum atomic E-state index is -0.594. The summed E-state index contributed by atoms with van der Waals surface area (Å²) >= 11 is 12.2. The van der Waals surface area contributed by atoms with Gasteiger partial charge >= 0.3 is 0 Å². The van der Waals surface area contributed by atoms with Gasteiger partial charge in [-0.15, -0.1) is 12.4 Å². The predicted octanol–water partition coefficient (Wildman–Crippen LogP) is 4.63. The van der Waals surface area contributed by atoms with Gasteiger partial charge in [0.1, 0.15) is 5.02 Å². The van der Waals surface area contributed by atoms with Crippen LogP contribution in [0.15, 0.2) is 47.6 Å². The molecule has 168 valence electrons. The highest BCUT2D eigenvalue weighted by Gasteiger charge is 2.17. The second kappa shape index (κ2) is 11.4. The molecule has 0 aliphatic carbocycles. The molecule has 0 saturated carbocycles. The van der Waals surface area contributed by atoms with Gasteiger partial charge in [0.2, 0.25) is 17.8 Å². The van der Waals surface area contributed by atoms with E-state index in [-0.39, 0.29) is 39.7 Å². The fourth-order valence-electron chi connectivity index (χ4n) is 2.44. The van der Waals surface area contributed by atoms with E-state index < -0.39 is 4.92 Å². The molecule has 2 aromatic carbocycles. The number of halogens is 3. The van der Waals surface area contributed by atoms with Gasteiger partial charge in [-0.1, -0.05) is 53.5 Å². The second-order valence-corrected chi connectivity index (χ2v) is 7.22. The maximum Gasteiger partial charge on any atom is 0.288 e. The minimum Gasteiger partial charge on any atom is -0.350 e. The number of nitro groups is 1. The van der Waals surface area contributed by atoms with Crippen molar-refractivity contribution < 1.29 is 4.92 Å². The molecule has 2 N–H and O–H groups in total. The Kier molecular flexibility index (Phi) is 8.94. The lowest BCUT2D eigenvalue weighted by Crippen LogP contribution is -2.16. The largest absolute Gasteiger partial charge is 0.350 e. The Hall–Kier alpha value is -3.21. The monoisotopic (exact) mass is 496 g/mol. The molecule has 0 fully saturated rings. The lowest BCUT2D eigenvalue weighted by Gasteiger charge is -2.13. The van der Waals surface area contributed by atoms with Gasteiger partial charge in [0.15, 0.2) is 0 Å². The quantitative estimate of drug-likeness (QED) is 0.262. The summed E-state index contributed by atoms with van der Waals surface area (Å²) < 4.78 is 0. The Labute approximate surface area is 200 Å². The molecule has 0 aliphatic heterocycles. The Balaban J connectivity index is 0.00000363. The van der Waals surface area contributed by atoms with Crippen LogP contribution < -0.4 is 15.6 Å². The van der Waals surface area contributed by atoms with Crippen LogP contribution in [-0.2, 0) is 6.54 Å². The lowest BCUT2D eigenvalue weighted by molar-refractivity contribution is -0.384. The number of aromatic nitrogens is 3. The second-order valence-electron chi connectivity index (χ2n) is 6.44. The van der Waals surface area contributed by atoms with Crippen molar-refractivity contribution in [2.75, 3.05) is 29.7 Å². The molecule has 0 atom stereocenters. The van der Waals surface area contributed by atoms with Crippen molar-refractivity contribution in [3.63, 3.8) is 0 Å². The lowest BCUT2D eigenvalue weighted by atomic mass is 10.2. The van der Waals surface area contributed by atoms with Gasteiger partial charge in [0.05, 0.1) is 16.2 Å². The van der Waals surface area contributed by atoms with E-state index in [4.69, 9.17) is 23.2 Å². The van der Waals surface area contributed by atoms with Gasteiger partial charge in [0, 0.05) is 32.3 Å². The Morgan fingerprint density at radius 2 is 1.78 bits per heavy atom. The number of hydrazone groups is 1. The van der Waals surface area contributed by atoms with Crippen LogP contribution in [-0.4, -0.2) is 40.2 Å². The van der Waals surface area contributed by atoms with Gasteiger partial charge in [-0.3, -0.25) is 10.1 Å². The normalized spacial score (nSPS) is 10.5. The minimum absolute atomic E-state index is 0. The van der Waals surface area contributed by atoms with Gasteiger partial charge in [-0.05, 0) is 11.6 Å². The smallest absolute Gasteiger partial charge is 0.288 e. The zero-order valence-electron chi connectivity index (χ0n) is 17.0. The predicted molar refractivity (Wildman–Crippen MR) is 130 cm³/mol. The van der Waals surface area contributed by atoms with Gasteiger partial charge < -0.3 is 10.2 Å². The molecule has 0 spiro atoms. The molecule has 0 aliphatic rings. The molecule has 0 amide bonds. The first-order chi connectivity index (χ1) is 14.8. The average molecular weight is 498 g/mol. The Bertz CT molecular complexity index is 1110. The molecule has 13 heteroatoms. The number of benzene rings is 2. The molecule has 1 heterocycles. The number of rotatable bonds is 8. The summed E-state index contributed by atoms with van der Waals surface area (Å²) in [5.74, 6) is 0.935. The molecular weight excluding hydrogens is 479 g/mol. The number of hydrogen-bond acceptors (Lipinski definition) is 9. The third kappa shape index (κ3) is 6.39. The van der Waals surface area contributed by atoms with Gasteiger partial charge in [-0.2, -0.15) is 20.1 Å². The van der Waals surface area contributed by atoms with Gasteiger partial charge in [0.25, 0.3) is 5.69 Å². The van der Waals surface area contributed by atoms with Gasteiger partial charge in [-0.25, -0.2) is 5.43 Å². The van der Waals surface area contributed by atoms with Crippen LogP contribution in [0.25, 0.3) is 0 Å². The van der Waals surface area contributed by atoms with E-state index in [0.717, 1.165) is 5.56 Å². The molecule has 10 nitrogen and oxygen atoms in total. The van der Waals surface area contributed by atoms with Crippen LogP contribution in [0.5, 0.6) is 0 Å². The topological polar surface area (TPSA) is 121 Å². The molecule has 3 aromatic rings. The number of anilines is 3. The highest BCUT2D eigenvalue weighted by atomic mass is 35.5. The molecule has 0 unspecified atom stereocenters. The zero-order chi connectivity index (χ0) is 22.4. The van der Waals surface area contributed by atoms with Crippen LogP contribution >= 0.6 is 35.6 Å². The zero-order valence-corrected chi connectivity index (χ0v) is 19.3. The maximum absolute atomic E-state index is 11.1. The summed E-state index contributed by atoms with van der Waals surface area (Å²) in [5, 5.41) is 18.3. The summed E-state index contributed by atoms with van der Waals surface area (Å²) in [4.78, 5) is 25.1. The summed E-state index contributed by atoms with van der Waals surface area (Å²) in [5.41, 5.74) is 3.68. The molecule has 0 saturated heterocycles. The first-order valence-electron chi connectivity index (χ1n) is 8.98. The van der Waals surface area contributed by atoms with Crippen molar-refractivity contribution in [1.29, 1.82) is 0 Å². The van der Waals surface area contributed by atoms with E-state index in [0.29, 0.717) is 18.4 Å². The molecule has 1 aromatic heterocycles. The maximum atomic E-state index is 11.1. The summed E-state index contributed by atoms with van der Waals surface area (Å²) in [6.45, 7) is 0.527. The van der Waals surface area contributed by atoms with Crippen molar-refractivity contribution >= 4 is 65.4 Å². The number of nitrogens with zero attached hydrogens (tertiary/aromatic N) is 6. The highest BCUT2D eigenvalue weighted by Crippen LogP contribution is 2.31. The van der Waals surface area contributed by atoms with E-state index in [9.17, 15) is 10.1 Å². The third-order valence-electron chi connectivity index (χ3n) is 3.98. The first-order valence-corrected chi connectivity index (χ1v) is 9.73.